The second-order valence-corrected chi connectivity index (χ2v) is 3.58. The molecule has 0 radical (unpaired) electrons. The van der Waals surface area contributed by atoms with E-state index in [-0.39, 0.29) is 12.2 Å². The van der Waals surface area contributed by atoms with Gasteiger partial charge in [0, 0.05) is 7.05 Å². The van der Waals surface area contributed by atoms with Crippen LogP contribution in [-0.4, -0.2) is 19.7 Å². The normalized spacial score (nSPS) is 10.3. The number of anilines is 1. The first-order valence-corrected chi connectivity index (χ1v) is 5.09. The maximum Gasteiger partial charge on any atom is 0.327 e. The molecule has 0 atom stereocenters. The summed E-state index contributed by atoms with van der Waals surface area (Å²) in [5.74, 6) is -0.407. The van der Waals surface area contributed by atoms with E-state index in [0.717, 1.165) is 6.07 Å². The second-order valence-electron chi connectivity index (χ2n) is 3.58. The van der Waals surface area contributed by atoms with Crippen LogP contribution in [0.25, 0.3) is 0 Å². The van der Waals surface area contributed by atoms with Crippen molar-refractivity contribution in [3.63, 3.8) is 0 Å². The van der Waals surface area contributed by atoms with E-state index in [0.29, 0.717) is 5.82 Å². The molecule has 2 rings (SSSR count). The van der Waals surface area contributed by atoms with E-state index < -0.39 is 16.4 Å². The predicted molar refractivity (Wildman–Crippen MR) is 61.4 cm³/mol. The van der Waals surface area contributed by atoms with Gasteiger partial charge in [0.15, 0.2) is 5.82 Å². The van der Waals surface area contributed by atoms with Crippen molar-refractivity contribution in [2.45, 2.75) is 6.54 Å². The van der Waals surface area contributed by atoms with Gasteiger partial charge in [-0.15, -0.1) is 0 Å². The molecule has 1 heterocycles. The lowest BCUT2D eigenvalue weighted by Crippen LogP contribution is -2.05. The molecular weight excluding hydrogens is 241 g/mol. The predicted octanol–water partition coefficient (Wildman–Crippen LogP) is 1.47. The van der Waals surface area contributed by atoms with E-state index in [1.165, 1.54) is 23.1 Å². The number of aromatic nitrogens is 3. The number of rotatable bonds is 4. The third-order valence-electron chi connectivity index (χ3n) is 2.25. The van der Waals surface area contributed by atoms with Crippen LogP contribution >= 0.6 is 0 Å². The first-order chi connectivity index (χ1) is 8.58. The lowest BCUT2D eigenvalue weighted by atomic mass is 10.2. The van der Waals surface area contributed by atoms with E-state index in [2.05, 4.69) is 15.4 Å². The minimum Gasteiger partial charge on any atom is -0.372 e. The minimum absolute atomic E-state index is 0.104. The van der Waals surface area contributed by atoms with E-state index >= 15 is 0 Å². The van der Waals surface area contributed by atoms with Crippen LogP contribution in [0.1, 0.15) is 5.82 Å². The number of hydrogen-bond donors (Lipinski definition) is 1. The van der Waals surface area contributed by atoms with E-state index in [9.17, 15) is 14.5 Å². The molecule has 0 unspecified atom stereocenters. The van der Waals surface area contributed by atoms with Crippen molar-refractivity contribution in [3.05, 3.63) is 46.3 Å². The van der Waals surface area contributed by atoms with Crippen molar-refractivity contribution in [2.24, 2.45) is 7.05 Å². The van der Waals surface area contributed by atoms with Gasteiger partial charge in [-0.2, -0.15) is 9.49 Å². The monoisotopic (exact) mass is 251 g/mol. The summed E-state index contributed by atoms with van der Waals surface area (Å²) in [7, 11) is 1.71. The zero-order chi connectivity index (χ0) is 13.1. The molecule has 0 fully saturated rings. The molecule has 2 aromatic rings. The van der Waals surface area contributed by atoms with E-state index in [1.54, 1.807) is 7.05 Å². The molecular formula is C10H10FN5O2. The number of halogens is 1. The van der Waals surface area contributed by atoms with Gasteiger partial charge in [0.05, 0.1) is 11.5 Å². The van der Waals surface area contributed by atoms with Gasteiger partial charge in [0.25, 0.3) is 0 Å². The summed E-state index contributed by atoms with van der Waals surface area (Å²) in [6, 6.07) is 3.88. The average molecular weight is 251 g/mol. The van der Waals surface area contributed by atoms with Crippen molar-refractivity contribution < 1.29 is 9.31 Å². The van der Waals surface area contributed by atoms with Gasteiger partial charge in [-0.1, -0.05) is 6.07 Å². The highest BCUT2D eigenvalue weighted by Crippen LogP contribution is 2.27. The van der Waals surface area contributed by atoms with Gasteiger partial charge in [0.1, 0.15) is 12.0 Å². The number of benzene rings is 1. The lowest BCUT2D eigenvalue weighted by Gasteiger charge is -2.05. The molecule has 0 saturated carbocycles. The molecule has 1 aromatic carbocycles. The van der Waals surface area contributed by atoms with Crippen LogP contribution in [-0.2, 0) is 13.6 Å². The SMILES string of the molecule is Cn1cnc(CNc2cccc(F)c2[N+](=O)[O-])n1. The second kappa shape index (κ2) is 4.78. The van der Waals surface area contributed by atoms with Gasteiger partial charge in [0.2, 0.25) is 5.82 Å². The third-order valence-corrected chi connectivity index (χ3v) is 2.25. The Morgan fingerprint density at radius 1 is 1.56 bits per heavy atom. The van der Waals surface area contributed by atoms with Gasteiger partial charge < -0.3 is 5.32 Å². The maximum absolute atomic E-state index is 13.3. The molecule has 7 nitrogen and oxygen atoms in total. The Bertz CT molecular complexity index is 583. The summed E-state index contributed by atoms with van der Waals surface area (Å²) in [5, 5.41) is 17.5. The first kappa shape index (κ1) is 12.0. The topological polar surface area (TPSA) is 85.9 Å². The molecule has 0 bridgehead atoms. The number of nitro benzene ring substituents is 1. The summed E-state index contributed by atoms with van der Waals surface area (Å²) in [6.07, 6.45) is 1.51. The Labute approximate surface area is 101 Å². The highest BCUT2D eigenvalue weighted by atomic mass is 19.1. The Balaban J connectivity index is 2.19. The number of para-hydroxylation sites is 1. The summed E-state index contributed by atoms with van der Waals surface area (Å²) in [4.78, 5) is 13.9. The molecule has 0 amide bonds. The molecule has 0 saturated heterocycles. The van der Waals surface area contributed by atoms with Crippen LogP contribution in [0.2, 0.25) is 0 Å². The van der Waals surface area contributed by atoms with Crippen LogP contribution < -0.4 is 5.32 Å². The molecule has 18 heavy (non-hydrogen) atoms. The molecule has 1 N–H and O–H groups in total. The number of nitro groups is 1. The van der Waals surface area contributed by atoms with E-state index in [1.807, 2.05) is 0 Å². The van der Waals surface area contributed by atoms with Crippen molar-refractivity contribution >= 4 is 11.4 Å². The quantitative estimate of drug-likeness (QED) is 0.657. The Kier molecular flexibility index (Phi) is 3.18. The van der Waals surface area contributed by atoms with Crippen molar-refractivity contribution in [2.75, 3.05) is 5.32 Å². The van der Waals surface area contributed by atoms with Crippen LogP contribution in [0, 0.1) is 15.9 Å². The van der Waals surface area contributed by atoms with Gasteiger partial charge >= 0.3 is 5.69 Å². The standard InChI is InChI=1S/C10H10FN5O2/c1-15-6-13-9(14-15)5-12-8-4-2-3-7(11)10(8)16(17)18/h2-4,6,12H,5H2,1H3. The van der Waals surface area contributed by atoms with Crippen LogP contribution in [0.4, 0.5) is 15.8 Å². The fourth-order valence-electron chi connectivity index (χ4n) is 1.48. The Morgan fingerprint density at radius 3 is 2.94 bits per heavy atom. The third kappa shape index (κ3) is 2.42. The zero-order valence-corrected chi connectivity index (χ0v) is 9.50. The summed E-state index contributed by atoms with van der Waals surface area (Å²) < 4.78 is 14.8. The molecule has 0 aliphatic heterocycles. The van der Waals surface area contributed by atoms with E-state index in [4.69, 9.17) is 0 Å². The molecule has 8 heteroatoms. The molecule has 94 valence electrons. The van der Waals surface area contributed by atoms with Gasteiger partial charge in [-0.25, -0.2) is 4.98 Å². The summed E-state index contributed by atoms with van der Waals surface area (Å²) in [6.45, 7) is 0.186. The van der Waals surface area contributed by atoms with Crippen LogP contribution in [0.5, 0.6) is 0 Å². The van der Waals surface area contributed by atoms with Crippen molar-refractivity contribution in [3.8, 4) is 0 Å². The van der Waals surface area contributed by atoms with Crippen molar-refractivity contribution in [1.82, 2.24) is 14.8 Å². The fourth-order valence-corrected chi connectivity index (χ4v) is 1.48. The minimum atomic E-state index is -0.876. The van der Waals surface area contributed by atoms with Gasteiger partial charge in [-0.3, -0.25) is 14.8 Å². The lowest BCUT2D eigenvalue weighted by molar-refractivity contribution is -0.386. The molecule has 1 aromatic heterocycles. The highest BCUT2D eigenvalue weighted by molar-refractivity contribution is 5.61. The molecule has 0 aliphatic rings. The maximum atomic E-state index is 13.3. The van der Waals surface area contributed by atoms with Crippen LogP contribution in [0.3, 0.4) is 0 Å². The van der Waals surface area contributed by atoms with Crippen LogP contribution in [0.15, 0.2) is 24.5 Å². The number of aryl methyl sites for hydroxylation is 1. The van der Waals surface area contributed by atoms with Crippen molar-refractivity contribution in [1.29, 1.82) is 0 Å². The number of hydrogen-bond acceptors (Lipinski definition) is 5. The smallest absolute Gasteiger partial charge is 0.327 e. The largest absolute Gasteiger partial charge is 0.372 e. The first-order valence-electron chi connectivity index (χ1n) is 5.09. The number of nitrogens with one attached hydrogen (secondary N) is 1. The summed E-state index contributed by atoms with van der Waals surface area (Å²) >= 11 is 0. The number of nitrogens with zero attached hydrogens (tertiary/aromatic N) is 4. The highest BCUT2D eigenvalue weighted by Gasteiger charge is 2.19. The average Bonchev–Trinajstić information content (AvgIpc) is 2.72. The zero-order valence-electron chi connectivity index (χ0n) is 9.50. The molecule has 0 spiro atoms. The van der Waals surface area contributed by atoms with Gasteiger partial charge in [-0.05, 0) is 12.1 Å². The summed E-state index contributed by atoms with van der Waals surface area (Å²) in [5.41, 5.74) is -0.471. The Morgan fingerprint density at radius 2 is 2.33 bits per heavy atom. The fraction of sp³-hybridized carbons (Fsp3) is 0.200. The molecule has 0 aliphatic carbocycles. The Hall–Kier alpha value is -2.51.